The summed E-state index contributed by atoms with van der Waals surface area (Å²) in [5.41, 5.74) is 0.573. The number of rotatable bonds is 11. The summed E-state index contributed by atoms with van der Waals surface area (Å²) in [5.74, 6) is 1.22. The van der Waals surface area contributed by atoms with E-state index in [0.29, 0.717) is 30.9 Å². The first kappa shape index (κ1) is 23.1. The Bertz CT molecular complexity index is 673. The highest BCUT2D eigenvalue weighted by atomic mass is 16.6. The Morgan fingerprint density at radius 3 is 2.62 bits per heavy atom. The van der Waals surface area contributed by atoms with Crippen molar-refractivity contribution in [3.05, 3.63) is 33.9 Å². The molecule has 2 rings (SSSR count). The van der Waals surface area contributed by atoms with Crippen LogP contribution in [-0.4, -0.2) is 62.2 Å². The molecule has 1 aliphatic rings. The van der Waals surface area contributed by atoms with Crippen LogP contribution in [0, 0.1) is 22.0 Å². The second-order valence-electron chi connectivity index (χ2n) is 8.08. The van der Waals surface area contributed by atoms with Gasteiger partial charge in [-0.1, -0.05) is 13.8 Å². The van der Waals surface area contributed by atoms with Crippen molar-refractivity contribution in [2.45, 2.75) is 33.1 Å². The van der Waals surface area contributed by atoms with Crippen molar-refractivity contribution in [2.75, 3.05) is 51.8 Å². The lowest BCUT2D eigenvalue weighted by atomic mass is 9.92. The van der Waals surface area contributed by atoms with Crippen molar-refractivity contribution in [1.29, 1.82) is 0 Å². The van der Waals surface area contributed by atoms with Crippen LogP contribution < -0.4 is 10.6 Å². The zero-order valence-corrected chi connectivity index (χ0v) is 17.8. The fraction of sp³-hybridized carbons (Fsp3) is 0.667. The molecular formula is C21H34N4O4. The topological polar surface area (TPSA) is 96.7 Å². The van der Waals surface area contributed by atoms with Crippen molar-refractivity contribution in [3.8, 4) is 0 Å². The van der Waals surface area contributed by atoms with Gasteiger partial charge >= 0.3 is 0 Å². The van der Waals surface area contributed by atoms with Gasteiger partial charge in [-0.3, -0.25) is 14.9 Å². The first-order valence-electron chi connectivity index (χ1n) is 10.4. The molecule has 0 aliphatic carbocycles. The molecule has 162 valence electrons. The molecule has 1 fully saturated rings. The molecule has 0 saturated carbocycles. The van der Waals surface area contributed by atoms with E-state index in [1.807, 2.05) is 0 Å². The number of hydrogen-bond acceptors (Lipinski definition) is 6. The lowest BCUT2D eigenvalue weighted by molar-refractivity contribution is -0.384. The van der Waals surface area contributed by atoms with Crippen molar-refractivity contribution in [3.63, 3.8) is 0 Å². The number of amides is 1. The van der Waals surface area contributed by atoms with Crippen LogP contribution in [0.2, 0.25) is 0 Å². The summed E-state index contributed by atoms with van der Waals surface area (Å²) in [4.78, 5) is 25.7. The van der Waals surface area contributed by atoms with E-state index in [1.54, 1.807) is 19.2 Å². The SMILES string of the molecule is COCCNc1ccc(C(=O)NCCCCN2CC(C)CC(C)C2)cc1[N+](=O)[O-]. The number of anilines is 1. The first-order chi connectivity index (χ1) is 13.9. The highest BCUT2D eigenvalue weighted by Gasteiger charge is 2.21. The molecule has 0 bridgehead atoms. The molecule has 2 N–H and O–H groups in total. The summed E-state index contributed by atoms with van der Waals surface area (Å²) >= 11 is 0. The molecule has 8 heteroatoms. The maximum absolute atomic E-state index is 12.4. The minimum absolute atomic E-state index is 0.109. The molecular weight excluding hydrogens is 372 g/mol. The number of methoxy groups -OCH3 is 1. The smallest absolute Gasteiger partial charge is 0.293 e. The summed E-state index contributed by atoms with van der Waals surface area (Å²) < 4.78 is 4.94. The summed E-state index contributed by atoms with van der Waals surface area (Å²) in [6, 6.07) is 4.50. The molecule has 1 aromatic carbocycles. The van der Waals surface area contributed by atoms with Gasteiger partial charge in [0.2, 0.25) is 0 Å². The lowest BCUT2D eigenvalue weighted by Gasteiger charge is -2.34. The van der Waals surface area contributed by atoms with E-state index >= 15 is 0 Å². The average Bonchev–Trinajstić information content (AvgIpc) is 2.67. The molecule has 2 atom stereocenters. The lowest BCUT2D eigenvalue weighted by Crippen LogP contribution is -2.39. The highest BCUT2D eigenvalue weighted by Crippen LogP contribution is 2.25. The standard InChI is InChI=1S/C21H34N4O4/c1-16-12-17(2)15-24(14-16)10-5-4-8-23-21(26)18-6-7-19(22-9-11-29-3)20(13-18)25(27)28/h6-7,13,16-17,22H,4-5,8-12,14-15H2,1-3H3,(H,23,26). The van der Waals surface area contributed by atoms with Crippen molar-refractivity contribution < 1.29 is 14.5 Å². The minimum Gasteiger partial charge on any atom is -0.383 e. The fourth-order valence-electron chi connectivity index (χ4n) is 4.00. The number of likely N-dealkylation sites (tertiary alicyclic amines) is 1. The van der Waals surface area contributed by atoms with Crippen LogP contribution in [0.15, 0.2) is 18.2 Å². The number of piperidine rings is 1. The van der Waals surface area contributed by atoms with Crippen LogP contribution >= 0.6 is 0 Å². The molecule has 1 heterocycles. The van der Waals surface area contributed by atoms with E-state index in [9.17, 15) is 14.9 Å². The molecule has 1 aliphatic heterocycles. The Kier molecular flexibility index (Phi) is 9.34. The Morgan fingerprint density at radius 1 is 1.24 bits per heavy atom. The van der Waals surface area contributed by atoms with Crippen molar-refractivity contribution >= 4 is 17.3 Å². The van der Waals surface area contributed by atoms with E-state index in [4.69, 9.17) is 4.74 Å². The average molecular weight is 407 g/mol. The van der Waals surface area contributed by atoms with Gasteiger partial charge in [0.25, 0.3) is 11.6 Å². The van der Waals surface area contributed by atoms with Crippen LogP contribution in [0.5, 0.6) is 0 Å². The molecule has 0 radical (unpaired) electrons. The zero-order valence-electron chi connectivity index (χ0n) is 17.8. The van der Waals surface area contributed by atoms with Gasteiger partial charge in [-0.2, -0.15) is 0 Å². The second-order valence-corrected chi connectivity index (χ2v) is 8.08. The van der Waals surface area contributed by atoms with E-state index < -0.39 is 4.92 Å². The quantitative estimate of drug-likeness (QED) is 0.333. The third-order valence-corrected chi connectivity index (χ3v) is 5.21. The molecule has 0 aromatic heterocycles. The summed E-state index contributed by atoms with van der Waals surface area (Å²) in [5, 5.41) is 17.2. The zero-order chi connectivity index (χ0) is 21.2. The highest BCUT2D eigenvalue weighted by molar-refractivity contribution is 5.95. The monoisotopic (exact) mass is 406 g/mol. The molecule has 1 aromatic rings. The van der Waals surface area contributed by atoms with Crippen molar-refractivity contribution in [1.82, 2.24) is 10.2 Å². The number of nitro benzene ring substituents is 1. The third kappa shape index (κ3) is 7.62. The van der Waals surface area contributed by atoms with E-state index in [-0.39, 0.29) is 11.6 Å². The maximum Gasteiger partial charge on any atom is 0.293 e. The predicted molar refractivity (Wildman–Crippen MR) is 114 cm³/mol. The minimum atomic E-state index is -0.480. The molecule has 2 unspecified atom stereocenters. The molecule has 8 nitrogen and oxygen atoms in total. The number of unbranched alkanes of at least 4 members (excludes halogenated alkanes) is 1. The van der Waals surface area contributed by atoms with E-state index in [1.165, 1.54) is 12.5 Å². The van der Waals surface area contributed by atoms with E-state index in [0.717, 1.165) is 44.3 Å². The Labute approximate surface area is 173 Å². The molecule has 1 saturated heterocycles. The third-order valence-electron chi connectivity index (χ3n) is 5.21. The Balaban J connectivity index is 1.78. The summed E-state index contributed by atoms with van der Waals surface area (Å²) in [7, 11) is 1.57. The van der Waals surface area contributed by atoms with Gasteiger partial charge < -0.3 is 20.3 Å². The van der Waals surface area contributed by atoms with Crippen molar-refractivity contribution in [2.24, 2.45) is 11.8 Å². The molecule has 0 spiro atoms. The van der Waals surface area contributed by atoms with Gasteiger partial charge in [-0.25, -0.2) is 0 Å². The molecule has 1 amide bonds. The van der Waals surface area contributed by atoms with E-state index in [2.05, 4.69) is 29.4 Å². The second kappa shape index (κ2) is 11.7. The number of hydrogen-bond donors (Lipinski definition) is 2. The van der Waals surface area contributed by atoms with Gasteiger partial charge in [-0.15, -0.1) is 0 Å². The van der Waals surface area contributed by atoms with Gasteiger partial charge in [0.15, 0.2) is 0 Å². The van der Waals surface area contributed by atoms with Crippen LogP contribution in [-0.2, 0) is 4.74 Å². The largest absolute Gasteiger partial charge is 0.383 e. The van der Waals surface area contributed by atoms with Gasteiger partial charge in [0.1, 0.15) is 5.69 Å². The summed E-state index contributed by atoms with van der Waals surface area (Å²) in [6.45, 7) is 9.44. The van der Waals surface area contributed by atoms with Crippen LogP contribution in [0.1, 0.15) is 43.5 Å². The number of benzene rings is 1. The number of carbonyl (C=O) groups excluding carboxylic acids is 1. The fourth-order valence-corrected chi connectivity index (χ4v) is 4.00. The van der Waals surface area contributed by atoms with Gasteiger partial charge in [-0.05, 0) is 49.8 Å². The number of nitro groups is 1. The Morgan fingerprint density at radius 2 is 1.97 bits per heavy atom. The van der Waals surface area contributed by atoms with Crippen LogP contribution in [0.3, 0.4) is 0 Å². The number of carbonyl (C=O) groups is 1. The van der Waals surface area contributed by atoms with Crippen LogP contribution in [0.4, 0.5) is 11.4 Å². The maximum atomic E-state index is 12.4. The van der Waals surface area contributed by atoms with Crippen LogP contribution in [0.25, 0.3) is 0 Å². The van der Waals surface area contributed by atoms with Gasteiger partial charge in [0, 0.05) is 44.9 Å². The predicted octanol–water partition coefficient (Wildman–Crippen LogP) is 3.14. The normalized spacial score (nSPS) is 19.7. The number of nitrogens with zero attached hydrogens (tertiary/aromatic N) is 2. The first-order valence-corrected chi connectivity index (χ1v) is 10.4. The number of nitrogens with one attached hydrogen (secondary N) is 2. The Hall–Kier alpha value is -2.19. The number of ether oxygens (including phenoxy) is 1. The molecule has 29 heavy (non-hydrogen) atoms. The summed E-state index contributed by atoms with van der Waals surface area (Å²) in [6.07, 6.45) is 3.23. The van der Waals surface area contributed by atoms with Gasteiger partial charge in [0.05, 0.1) is 11.5 Å².